The van der Waals surface area contributed by atoms with Crippen molar-refractivity contribution in [1.82, 2.24) is 4.57 Å². The molecule has 0 N–H and O–H groups in total. The molecule has 0 spiro atoms. The molecule has 0 fully saturated rings. The van der Waals surface area contributed by atoms with Gasteiger partial charge >= 0.3 is 0 Å². The molecule has 5 nitrogen and oxygen atoms in total. The second kappa shape index (κ2) is 7.34. The molecule has 2 aromatic carbocycles. The number of carbonyl (C=O) groups is 1. The van der Waals surface area contributed by atoms with Gasteiger partial charge in [-0.25, -0.2) is 8.42 Å². The summed E-state index contributed by atoms with van der Waals surface area (Å²) in [5, 5.41) is 0.612. The van der Waals surface area contributed by atoms with Gasteiger partial charge in [0.15, 0.2) is 14.6 Å². The predicted octanol–water partition coefficient (Wildman–Crippen LogP) is 3.49. The first-order valence-electron chi connectivity index (χ1n) is 7.88. The van der Waals surface area contributed by atoms with Crippen LogP contribution in [0.1, 0.15) is 12.0 Å². The van der Waals surface area contributed by atoms with Gasteiger partial charge in [-0.15, -0.1) is 0 Å². The number of amides is 1. The van der Waals surface area contributed by atoms with E-state index in [0.29, 0.717) is 9.82 Å². The molecule has 8 heteroatoms. The fourth-order valence-corrected chi connectivity index (χ4v) is 5.00. The van der Waals surface area contributed by atoms with Crippen molar-refractivity contribution in [3.8, 4) is 0 Å². The average Bonchev–Trinajstić information content (AvgIpc) is 2.88. The number of sulfone groups is 1. The van der Waals surface area contributed by atoms with E-state index in [2.05, 4.69) is 4.99 Å². The zero-order valence-electron chi connectivity index (χ0n) is 14.3. The Hall–Kier alpha value is -1.96. The zero-order valence-corrected chi connectivity index (χ0v) is 16.7. The summed E-state index contributed by atoms with van der Waals surface area (Å²) in [6.07, 6.45) is -0.161. The monoisotopic (exact) mass is 408 g/mol. The summed E-state index contributed by atoms with van der Waals surface area (Å²) in [4.78, 5) is 17.0. The van der Waals surface area contributed by atoms with E-state index in [-0.39, 0.29) is 17.1 Å². The molecular weight excluding hydrogens is 392 g/mol. The molecule has 0 aliphatic carbocycles. The summed E-state index contributed by atoms with van der Waals surface area (Å²) >= 11 is 7.33. The first kappa shape index (κ1) is 18.8. The average molecular weight is 409 g/mol. The van der Waals surface area contributed by atoms with Gasteiger partial charge in [-0.2, -0.15) is 4.99 Å². The first-order chi connectivity index (χ1) is 12.3. The van der Waals surface area contributed by atoms with Crippen LogP contribution in [0.5, 0.6) is 0 Å². The summed E-state index contributed by atoms with van der Waals surface area (Å²) in [6.45, 7) is 1.89. The fourth-order valence-electron chi connectivity index (χ4n) is 2.46. The third kappa shape index (κ3) is 4.06. The van der Waals surface area contributed by atoms with Gasteiger partial charge in [0, 0.05) is 18.5 Å². The van der Waals surface area contributed by atoms with Gasteiger partial charge in [0.1, 0.15) is 0 Å². The minimum atomic E-state index is -3.51. The summed E-state index contributed by atoms with van der Waals surface area (Å²) in [5.74, 6) is -0.729. The Morgan fingerprint density at radius 2 is 1.88 bits per heavy atom. The van der Waals surface area contributed by atoms with Crippen LogP contribution in [0.3, 0.4) is 0 Å². The van der Waals surface area contributed by atoms with Crippen molar-refractivity contribution in [2.24, 2.45) is 12.0 Å². The summed E-state index contributed by atoms with van der Waals surface area (Å²) in [6, 6.07) is 12.0. The highest BCUT2D eigenvalue weighted by molar-refractivity contribution is 7.91. The highest BCUT2D eigenvalue weighted by Crippen LogP contribution is 2.21. The van der Waals surface area contributed by atoms with E-state index in [1.165, 1.54) is 11.3 Å². The van der Waals surface area contributed by atoms with Crippen molar-refractivity contribution in [2.45, 2.75) is 18.2 Å². The zero-order chi connectivity index (χ0) is 18.9. The number of halogens is 1. The lowest BCUT2D eigenvalue weighted by Crippen LogP contribution is -2.15. The predicted molar refractivity (Wildman–Crippen MR) is 104 cm³/mol. The molecule has 136 valence electrons. The molecule has 1 heterocycles. The normalized spacial score (nSPS) is 12.7. The Morgan fingerprint density at radius 3 is 2.58 bits per heavy atom. The number of hydrogen-bond acceptors (Lipinski definition) is 4. The SMILES string of the molecule is Cc1ccc(S(=O)(=O)CCC(=O)N=c2sc3cc(Cl)ccc3n2C)cc1. The van der Waals surface area contributed by atoms with E-state index in [1.54, 1.807) is 34.9 Å². The molecule has 0 saturated heterocycles. The number of hydrogen-bond donors (Lipinski definition) is 0. The van der Waals surface area contributed by atoms with E-state index in [9.17, 15) is 13.2 Å². The molecule has 0 radical (unpaired) electrons. The van der Waals surface area contributed by atoms with Crippen LogP contribution in [0.25, 0.3) is 10.2 Å². The number of rotatable bonds is 4. The molecule has 0 unspecified atom stereocenters. The van der Waals surface area contributed by atoms with Crippen molar-refractivity contribution in [2.75, 3.05) is 5.75 Å². The standard InChI is InChI=1S/C18H17ClN2O3S2/c1-12-3-6-14(7-4-12)26(23,24)10-9-17(22)20-18-21(2)15-8-5-13(19)11-16(15)25-18/h3-8,11H,9-10H2,1-2H3. The van der Waals surface area contributed by atoms with Crippen LogP contribution in [-0.4, -0.2) is 24.6 Å². The van der Waals surface area contributed by atoms with Crippen LogP contribution in [-0.2, 0) is 21.7 Å². The van der Waals surface area contributed by atoms with Gasteiger partial charge in [0.25, 0.3) is 0 Å². The molecule has 0 bridgehead atoms. The lowest BCUT2D eigenvalue weighted by molar-refractivity contribution is -0.117. The number of aryl methyl sites for hydroxylation is 2. The number of nitrogens with zero attached hydrogens (tertiary/aromatic N) is 2. The van der Waals surface area contributed by atoms with Crippen molar-refractivity contribution in [3.05, 3.63) is 57.9 Å². The van der Waals surface area contributed by atoms with E-state index >= 15 is 0 Å². The fraction of sp³-hybridized carbons (Fsp3) is 0.222. The minimum Gasteiger partial charge on any atom is -0.319 e. The topological polar surface area (TPSA) is 68.5 Å². The Labute approximate surface area is 160 Å². The maximum Gasteiger partial charge on any atom is 0.249 e. The highest BCUT2D eigenvalue weighted by atomic mass is 35.5. The lowest BCUT2D eigenvalue weighted by Gasteiger charge is -2.03. The quantitative estimate of drug-likeness (QED) is 0.663. The van der Waals surface area contributed by atoms with E-state index in [1.807, 2.05) is 26.1 Å². The summed E-state index contributed by atoms with van der Waals surface area (Å²) in [7, 11) is -1.70. The Bertz CT molecular complexity index is 1140. The largest absolute Gasteiger partial charge is 0.319 e. The van der Waals surface area contributed by atoms with Crippen molar-refractivity contribution >= 4 is 48.9 Å². The second-order valence-corrected chi connectivity index (χ2v) is 9.50. The molecule has 1 aromatic heterocycles. The van der Waals surface area contributed by atoms with Crippen LogP contribution in [0.2, 0.25) is 5.02 Å². The molecule has 0 aliphatic heterocycles. The maximum atomic E-state index is 12.3. The van der Waals surface area contributed by atoms with Crippen LogP contribution in [0, 0.1) is 6.92 Å². The minimum absolute atomic E-state index is 0.161. The molecule has 26 heavy (non-hydrogen) atoms. The van der Waals surface area contributed by atoms with Crippen molar-refractivity contribution in [1.29, 1.82) is 0 Å². The molecule has 3 rings (SSSR count). The van der Waals surface area contributed by atoms with Crippen LogP contribution < -0.4 is 4.80 Å². The summed E-state index contributed by atoms with van der Waals surface area (Å²) < 4.78 is 27.4. The lowest BCUT2D eigenvalue weighted by atomic mass is 10.2. The molecule has 0 saturated carbocycles. The number of thiazole rings is 1. The Morgan fingerprint density at radius 1 is 1.19 bits per heavy atom. The maximum absolute atomic E-state index is 12.3. The number of benzene rings is 2. The van der Waals surface area contributed by atoms with Gasteiger partial charge in [0.05, 0.1) is 20.9 Å². The summed E-state index contributed by atoms with van der Waals surface area (Å²) in [5.41, 5.74) is 1.89. The highest BCUT2D eigenvalue weighted by Gasteiger charge is 2.16. The van der Waals surface area contributed by atoms with Crippen LogP contribution in [0.4, 0.5) is 0 Å². The number of aromatic nitrogens is 1. The van der Waals surface area contributed by atoms with Gasteiger partial charge in [-0.05, 0) is 37.3 Å². The van der Waals surface area contributed by atoms with Gasteiger partial charge < -0.3 is 4.57 Å². The van der Waals surface area contributed by atoms with E-state index in [0.717, 1.165) is 15.8 Å². The number of fused-ring (bicyclic) bond motifs is 1. The van der Waals surface area contributed by atoms with E-state index < -0.39 is 15.7 Å². The molecule has 0 aliphatic rings. The second-order valence-electron chi connectivity index (χ2n) is 5.94. The smallest absolute Gasteiger partial charge is 0.249 e. The molecular formula is C18H17ClN2O3S2. The molecule has 1 amide bonds. The van der Waals surface area contributed by atoms with Crippen LogP contribution >= 0.6 is 22.9 Å². The number of carbonyl (C=O) groups excluding carboxylic acids is 1. The van der Waals surface area contributed by atoms with Gasteiger partial charge in [0.2, 0.25) is 5.91 Å². The first-order valence-corrected chi connectivity index (χ1v) is 10.7. The third-order valence-electron chi connectivity index (χ3n) is 3.96. The van der Waals surface area contributed by atoms with E-state index in [4.69, 9.17) is 11.6 Å². The molecule has 3 aromatic rings. The third-order valence-corrected chi connectivity index (χ3v) is 7.02. The Kier molecular flexibility index (Phi) is 5.32. The molecule has 0 atom stereocenters. The van der Waals surface area contributed by atoms with Crippen molar-refractivity contribution in [3.63, 3.8) is 0 Å². The van der Waals surface area contributed by atoms with Crippen LogP contribution in [0.15, 0.2) is 52.4 Å². The Balaban J connectivity index is 1.79. The van der Waals surface area contributed by atoms with Gasteiger partial charge in [-0.3, -0.25) is 4.79 Å². The van der Waals surface area contributed by atoms with Gasteiger partial charge in [-0.1, -0.05) is 40.6 Å². The van der Waals surface area contributed by atoms with Crippen molar-refractivity contribution < 1.29 is 13.2 Å².